The number of ether oxygens (including phenoxy) is 1. The lowest BCUT2D eigenvalue weighted by Crippen LogP contribution is -2.46. The van der Waals surface area contributed by atoms with Crippen LogP contribution in [0.5, 0.6) is 0 Å². The number of para-hydroxylation sites is 1. The number of hydrogen-bond donors (Lipinski definition) is 2. The van der Waals surface area contributed by atoms with Crippen molar-refractivity contribution in [1.29, 1.82) is 0 Å². The largest absolute Gasteiger partial charge is 0.381 e. The van der Waals surface area contributed by atoms with E-state index in [4.69, 9.17) is 4.74 Å². The Balaban J connectivity index is 0.00000320. The molecule has 2 fully saturated rings. The van der Waals surface area contributed by atoms with E-state index in [0.29, 0.717) is 0 Å². The highest BCUT2D eigenvalue weighted by Crippen LogP contribution is 2.28. The summed E-state index contributed by atoms with van der Waals surface area (Å²) in [7, 11) is 1.84. The van der Waals surface area contributed by atoms with E-state index in [1.165, 1.54) is 37.9 Å². The Morgan fingerprint density at radius 2 is 1.70 bits per heavy atom. The topological polar surface area (TPSA) is 52.1 Å². The van der Waals surface area contributed by atoms with E-state index in [2.05, 4.69) is 55.8 Å². The molecule has 0 bridgehead atoms. The summed E-state index contributed by atoms with van der Waals surface area (Å²) < 4.78 is 5.67. The van der Waals surface area contributed by atoms with Crippen molar-refractivity contribution in [2.45, 2.75) is 32.1 Å². The van der Waals surface area contributed by atoms with Crippen LogP contribution in [0.4, 0.5) is 5.69 Å². The third-order valence-electron chi connectivity index (χ3n) is 5.72. The number of benzene rings is 1. The molecule has 1 aliphatic heterocycles. The molecule has 0 aromatic heterocycles. The molecule has 0 unspecified atom stereocenters. The van der Waals surface area contributed by atoms with Gasteiger partial charge in [0.05, 0.1) is 0 Å². The summed E-state index contributed by atoms with van der Waals surface area (Å²) in [6.45, 7) is 9.45. The molecule has 30 heavy (non-hydrogen) atoms. The Labute approximate surface area is 199 Å². The van der Waals surface area contributed by atoms with Crippen LogP contribution >= 0.6 is 24.0 Å². The quantitative estimate of drug-likeness (QED) is 0.189. The van der Waals surface area contributed by atoms with Crippen molar-refractivity contribution in [3.8, 4) is 0 Å². The van der Waals surface area contributed by atoms with Crippen LogP contribution in [-0.4, -0.2) is 76.9 Å². The Morgan fingerprint density at radius 3 is 2.37 bits per heavy atom. The highest BCUT2D eigenvalue weighted by molar-refractivity contribution is 14.0. The monoisotopic (exact) mass is 529 g/mol. The fraction of sp³-hybridized carbons (Fsp3) is 0.696. The van der Waals surface area contributed by atoms with E-state index in [1.807, 2.05) is 7.05 Å². The zero-order valence-corrected chi connectivity index (χ0v) is 20.9. The molecule has 3 rings (SSSR count). The van der Waals surface area contributed by atoms with Crippen LogP contribution < -0.4 is 15.5 Å². The van der Waals surface area contributed by atoms with Gasteiger partial charge in [0.1, 0.15) is 0 Å². The first kappa shape index (κ1) is 25.2. The lowest BCUT2D eigenvalue weighted by atomic mass is 10.2. The molecule has 1 aliphatic carbocycles. The molecular formula is C23H40IN5O. The van der Waals surface area contributed by atoms with E-state index in [9.17, 15) is 0 Å². The van der Waals surface area contributed by atoms with Gasteiger partial charge in [-0.1, -0.05) is 18.2 Å². The third kappa shape index (κ3) is 9.83. The molecule has 1 saturated heterocycles. The molecule has 2 N–H and O–H groups in total. The molecule has 7 heteroatoms. The van der Waals surface area contributed by atoms with E-state index in [0.717, 1.165) is 70.8 Å². The van der Waals surface area contributed by atoms with E-state index >= 15 is 0 Å². The van der Waals surface area contributed by atoms with Gasteiger partial charge in [0.15, 0.2) is 5.96 Å². The first-order chi connectivity index (χ1) is 14.3. The van der Waals surface area contributed by atoms with Gasteiger partial charge < -0.3 is 20.3 Å². The Morgan fingerprint density at radius 1 is 1.00 bits per heavy atom. The smallest absolute Gasteiger partial charge is 0.190 e. The average molecular weight is 530 g/mol. The van der Waals surface area contributed by atoms with Gasteiger partial charge in [0.2, 0.25) is 0 Å². The van der Waals surface area contributed by atoms with Crippen LogP contribution in [-0.2, 0) is 4.74 Å². The van der Waals surface area contributed by atoms with Crippen molar-refractivity contribution in [3.63, 3.8) is 0 Å². The number of aliphatic imine (C=N–C) groups is 1. The second-order valence-corrected chi connectivity index (χ2v) is 8.17. The molecular weight excluding hydrogens is 489 g/mol. The van der Waals surface area contributed by atoms with Crippen LogP contribution in [0.1, 0.15) is 32.1 Å². The fourth-order valence-electron chi connectivity index (χ4n) is 3.67. The van der Waals surface area contributed by atoms with Crippen molar-refractivity contribution < 1.29 is 4.74 Å². The van der Waals surface area contributed by atoms with E-state index < -0.39 is 0 Å². The van der Waals surface area contributed by atoms with Crippen molar-refractivity contribution in [3.05, 3.63) is 30.3 Å². The van der Waals surface area contributed by atoms with Crippen LogP contribution in [0.3, 0.4) is 0 Å². The van der Waals surface area contributed by atoms with Crippen LogP contribution in [0, 0.1) is 5.92 Å². The second-order valence-electron chi connectivity index (χ2n) is 8.17. The summed E-state index contributed by atoms with van der Waals surface area (Å²) in [6, 6.07) is 10.8. The third-order valence-corrected chi connectivity index (χ3v) is 5.72. The van der Waals surface area contributed by atoms with Crippen LogP contribution in [0.15, 0.2) is 35.3 Å². The first-order valence-corrected chi connectivity index (χ1v) is 11.4. The molecule has 2 aliphatic rings. The maximum absolute atomic E-state index is 5.67. The summed E-state index contributed by atoms with van der Waals surface area (Å²) in [5, 5.41) is 6.80. The summed E-state index contributed by atoms with van der Waals surface area (Å²) in [6.07, 6.45) is 6.15. The zero-order chi connectivity index (χ0) is 20.2. The van der Waals surface area contributed by atoms with Crippen LogP contribution in [0.2, 0.25) is 0 Å². The minimum Gasteiger partial charge on any atom is -0.381 e. The maximum atomic E-state index is 5.67. The predicted octanol–water partition coefficient (Wildman–Crippen LogP) is 3.19. The number of guanidine groups is 1. The first-order valence-electron chi connectivity index (χ1n) is 11.4. The van der Waals surface area contributed by atoms with Crippen molar-refractivity contribution in [1.82, 2.24) is 15.5 Å². The van der Waals surface area contributed by atoms with Crippen molar-refractivity contribution in [2.75, 3.05) is 71.0 Å². The minimum atomic E-state index is 0. The van der Waals surface area contributed by atoms with Gasteiger partial charge in [-0.25, -0.2) is 0 Å². The molecule has 1 saturated carbocycles. The molecule has 0 radical (unpaired) electrons. The molecule has 1 aromatic rings. The number of hydrogen-bond acceptors (Lipinski definition) is 4. The van der Waals surface area contributed by atoms with Gasteiger partial charge in [0, 0.05) is 65.2 Å². The highest BCUT2D eigenvalue weighted by atomic mass is 127. The van der Waals surface area contributed by atoms with Gasteiger partial charge in [0.25, 0.3) is 0 Å². The Hall–Kier alpha value is -1.06. The summed E-state index contributed by atoms with van der Waals surface area (Å²) in [5.41, 5.74) is 1.35. The van der Waals surface area contributed by atoms with Crippen molar-refractivity contribution in [2.24, 2.45) is 10.9 Å². The van der Waals surface area contributed by atoms with Gasteiger partial charge >= 0.3 is 0 Å². The number of unbranched alkanes of at least 4 members (excludes halogenated alkanes) is 1. The van der Waals surface area contributed by atoms with Gasteiger partial charge in [-0.2, -0.15) is 0 Å². The standard InChI is InChI=1S/C23H39N5O.HI/c1-24-23(26-13-7-19-29-20-21-10-11-21)25-12-5-6-14-27-15-17-28(18-16-27)22-8-3-2-4-9-22;/h2-4,8-9,21H,5-7,10-20H2,1H3,(H2,24,25,26);1H. The lowest BCUT2D eigenvalue weighted by Gasteiger charge is -2.36. The van der Waals surface area contributed by atoms with Gasteiger partial charge in [-0.3, -0.25) is 9.89 Å². The van der Waals surface area contributed by atoms with Gasteiger partial charge in [-0.05, 0) is 56.7 Å². The number of halogens is 1. The highest BCUT2D eigenvalue weighted by Gasteiger charge is 2.20. The van der Waals surface area contributed by atoms with E-state index in [1.54, 1.807) is 0 Å². The predicted molar refractivity (Wildman–Crippen MR) is 137 cm³/mol. The summed E-state index contributed by atoms with van der Waals surface area (Å²) in [5.74, 6) is 1.76. The lowest BCUT2D eigenvalue weighted by molar-refractivity contribution is 0.123. The maximum Gasteiger partial charge on any atom is 0.190 e. The molecule has 1 heterocycles. The van der Waals surface area contributed by atoms with Gasteiger partial charge in [-0.15, -0.1) is 24.0 Å². The second kappa shape index (κ2) is 14.9. The molecule has 170 valence electrons. The average Bonchev–Trinajstić information content (AvgIpc) is 3.60. The number of anilines is 1. The molecule has 6 nitrogen and oxygen atoms in total. The number of piperazine rings is 1. The Kier molecular flexibility index (Phi) is 12.5. The molecule has 0 amide bonds. The summed E-state index contributed by atoms with van der Waals surface area (Å²) >= 11 is 0. The van der Waals surface area contributed by atoms with Crippen molar-refractivity contribution >= 4 is 35.6 Å². The molecule has 1 aromatic carbocycles. The minimum absolute atomic E-state index is 0. The normalized spacial score (nSPS) is 17.5. The van der Waals surface area contributed by atoms with E-state index in [-0.39, 0.29) is 24.0 Å². The molecule has 0 atom stereocenters. The number of rotatable bonds is 12. The fourth-order valence-corrected chi connectivity index (χ4v) is 3.67. The summed E-state index contributed by atoms with van der Waals surface area (Å²) in [4.78, 5) is 9.39. The zero-order valence-electron chi connectivity index (χ0n) is 18.5. The number of nitrogens with one attached hydrogen (secondary N) is 2. The molecule has 0 spiro atoms. The Bertz CT molecular complexity index is 589. The SMILES string of the molecule is CN=C(NCCCCN1CCN(c2ccccc2)CC1)NCCCOCC1CC1.I. The number of nitrogens with zero attached hydrogens (tertiary/aromatic N) is 3. The van der Waals surface area contributed by atoms with Crippen LogP contribution in [0.25, 0.3) is 0 Å².